The smallest absolute Gasteiger partial charge is 0.160 e. The van der Waals surface area contributed by atoms with Crippen molar-refractivity contribution >= 4 is 21.9 Å². The average Bonchev–Trinajstić information content (AvgIpc) is 3.47. The van der Waals surface area contributed by atoms with E-state index < -0.39 is 0 Å². The van der Waals surface area contributed by atoms with E-state index in [0.29, 0.717) is 22.8 Å². The Hall–Kier alpha value is -5.87. The molecule has 0 saturated heterocycles. The lowest BCUT2D eigenvalue weighted by atomic mass is 9.94. The maximum Gasteiger partial charge on any atom is 0.160 e. The third kappa shape index (κ3) is 4.73. The van der Waals surface area contributed by atoms with E-state index in [9.17, 15) is 0 Å². The first kappa shape index (κ1) is 25.8. The molecule has 0 spiro atoms. The summed E-state index contributed by atoms with van der Waals surface area (Å²) in [5.41, 5.74) is 9.44. The first-order valence-corrected chi connectivity index (χ1v) is 14.5. The molecule has 8 aromatic rings. The van der Waals surface area contributed by atoms with Crippen LogP contribution in [-0.4, -0.2) is 9.97 Å². The number of halogens is 1. The number of fused-ring (bicyclic) bond motifs is 3. The number of furan rings is 1. The minimum absolute atomic E-state index is 0.324. The van der Waals surface area contributed by atoms with Gasteiger partial charge in [-0.3, -0.25) is 0 Å². The van der Waals surface area contributed by atoms with Crippen LogP contribution >= 0.6 is 0 Å². The first-order chi connectivity index (χ1) is 21.7. The molecule has 2 heterocycles. The standard InChI is InChI=1S/C40H25FN2O/c41-35-17-9-7-16-33(35)37-25-36(42-40(43-37)27-13-5-2-6-14-27)31-22-29(26-11-3-1-4-12-26)21-30(23-31)28-19-20-39-34(24-28)32-15-8-10-18-38(32)44-39/h1-25H. The van der Waals surface area contributed by atoms with Gasteiger partial charge in [-0.15, -0.1) is 0 Å². The van der Waals surface area contributed by atoms with E-state index >= 15 is 4.39 Å². The van der Waals surface area contributed by atoms with Gasteiger partial charge < -0.3 is 4.42 Å². The zero-order chi connectivity index (χ0) is 29.5. The Morgan fingerprint density at radius 2 is 1.02 bits per heavy atom. The molecular formula is C40H25FN2O. The first-order valence-electron chi connectivity index (χ1n) is 14.5. The number of hydrogen-bond donors (Lipinski definition) is 0. The minimum Gasteiger partial charge on any atom is -0.456 e. The van der Waals surface area contributed by atoms with Crippen molar-refractivity contribution < 1.29 is 8.81 Å². The second kappa shape index (κ2) is 10.8. The lowest BCUT2D eigenvalue weighted by molar-refractivity contribution is 0.630. The van der Waals surface area contributed by atoms with Gasteiger partial charge >= 0.3 is 0 Å². The van der Waals surface area contributed by atoms with Crippen molar-refractivity contribution in [2.75, 3.05) is 0 Å². The van der Waals surface area contributed by atoms with E-state index in [1.807, 2.05) is 84.9 Å². The molecular weight excluding hydrogens is 543 g/mol. The highest BCUT2D eigenvalue weighted by molar-refractivity contribution is 6.06. The fraction of sp³-hybridized carbons (Fsp3) is 0. The van der Waals surface area contributed by atoms with E-state index in [4.69, 9.17) is 14.4 Å². The van der Waals surface area contributed by atoms with Crippen molar-refractivity contribution in [2.45, 2.75) is 0 Å². The summed E-state index contributed by atoms with van der Waals surface area (Å²) in [6.07, 6.45) is 0. The molecule has 0 unspecified atom stereocenters. The largest absolute Gasteiger partial charge is 0.456 e. The third-order valence-corrected chi connectivity index (χ3v) is 7.95. The summed E-state index contributed by atoms with van der Waals surface area (Å²) in [5.74, 6) is 0.217. The summed E-state index contributed by atoms with van der Waals surface area (Å²) in [6.45, 7) is 0. The molecule has 8 rings (SSSR count). The van der Waals surface area contributed by atoms with Crippen LogP contribution in [0.15, 0.2) is 156 Å². The van der Waals surface area contributed by atoms with Crippen LogP contribution in [0.2, 0.25) is 0 Å². The van der Waals surface area contributed by atoms with Crippen molar-refractivity contribution in [1.82, 2.24) is 9.97 Å². The zero-order valence-corrected chi connectivity index (χ0v) is 23.6. The second-order valence-corrected chi connectivity index (χ2v) is 10.8. The number of aromatic nitrogens is 2. The number of hydrogen-bond acceptors (Lipinski definition) is 3. The van der Waals surface area contributed by atoms with E-state index in [1.54, 1.807) is 12.1 Å². The molecule has 0 N–H and O–H groups in total. The Morgan fingerprint density at radius 3 is 1.82 bits per heavy atom. The fourth-order valence-electron chi connectivity index (χ4n) is 5.76. The predicted octanol–water partition coefficient (Wildman–Crippen LogP) is 10.9. The molecule has 0 bridgehead atoms. The number of rotatable bonds is 5. The van der Waals surface area contributed by atoms with Crippen LogP contribution in [0, 0.1) is 5.82 Å². The van der Waals surface area contributed by atoms with Crippen LogP contribution in [0.5, 0.6) is 0 Å². The number of nitrogens with zero attached hydrogens (tertiary/aromatic N) is 2. The Balaban J connectivity index is 1.36. The Kier molecular flexibility index (Phi) is 6.31. The lowest BCUT2D eigenvalue weighted by Crippen LogP contribution is -1.97. The van der Waals surface area contributed by atoms with E-state index in [1.165, 1.54) is 6.07 Å². The Bertz CT molecular complexity index is 2290. The van der Waals surface area contributed by atoms with Gasteiger partial charge in [0.1, 0.15) is 17.0 Å². The molecule has 0 saturated carbocycles. The van der Waals surface area contributed by atoms with Crippen molar-refractivity contribution in [3.8, 4) is 56.2 Å². The van der Waals surface area contributed by atoms with Crippen molar-refractivity contribution in [3.63, 3.8) is 0 Å². The van der Waals surface area contributed by atoms with Crippen LogP contribution in [0.25, 0.3) is 78.1 Å². The molecule has 208 valence electrons. The minimum atomic E-state index is -0.324. The van der Waals surface area contributed by atoms with Crippen LogP contribution in [0.4, 0.5) is 4.39 Å². The van der Waals surface area contributed by atoms with Gasteiger partial charge in [-0.1, -0.05) is 97.1 Å². The van der Waals surface area contributed by atoms with Crippen LogP contribution in [0.1, 0.15) is 0 Å². The predicted molar refractivity (Wildman–Crippen MR) is 176 cm³/mol. The summed E-state index contributed by atoms with van der Waals surface area (Å²) in [4.78, 5) is 9.85. The molecule has 0 atom stereocenters. The monoisotopic (exact) mass is 568 g/mol. The van der Waals surface area contributed by atoms with Crippen LogP contribution in [0.3, 0.4) is 0 Å². The second-order valence-electron chi connectivity index (χ2n) is 10.8. The molecule has 0 aliphatic heterocycles. The topological polar surface area (TPSA) is 38.9 Å². The molecule has 2 aromatic heterocycles. The van der Waals surface area contributed by atoms with Crippen molar-refractivity contribution in [3.05, 3.63) is 157 Å². The van der Waals surface area contributed by atoms with E-state index in [-0.39, 0.29) is 5.82 Å². The quantitative estimate of drug-likeness (QED) is 0.207. The van der Waals surface area contributed by atoms with Gasteiger partial charge in [-0.05, 0) is 76.9 Å². The van der Waals surface area contributed by atoms with Crippen molar-refractivity contribution in [2.24, 2.45) is 0 Å². The molecule has 44 heavy (non-hydrogen) atoms. The zero-order valence-electron chi connectivity index (χ0n) is 23.6. The van der Waals surface area contributed by atoms with Crippen molar-refractivity contribution in [1.29, 1.82) is 0 Å². The molecule has 0 aliphatic rings. The number of benzene rings is 6. The highest BCUT2D eigenvalue weighted by atomic mass is 19.1. The SMILES string of the molecule is Fc1ccccc1-c1cc(-c2cc(-c3ccccc3)cc(-c3ccc4oc5ccccc5c4c3)c2)nc(-c2ccccc2)n1. The maximum atomic E-state index is 15.1. The fourth-order valence-corrected chi connectivity index (χ4v) is 5.76. The lowest BCUT2D eigenvalue weighted by Gasteiger charge is -2.13. The Morgan fingerprint density at radius 1 is 0.409 bits per heavy atom. The molecule has 0 fully saturated rings. The van der Waals surface area contributed by atoms with Gasteiger partial charge in [0, 0.05) is 27.5 Å². The summed E-state index contributed by atoms with van der Waals surface area (Å²) in [5, 5.41) is 2.15. The van der Waals surface area contributed by atoms with E-state index in [0.717, 1.165) is 55.3 Å². The summed E-state index contributed by atoms with van der Waals surface area (Å²) in [7, 11) is 0. The van der Waals surface area contributed by atoms with E-state index in [2.05, 4.69) is 48.5 Å². The molecule has 0 aliphatic carbocycles. The van der Waals surface area contributed by atoms with Gasteiger partial charge in [0.2, 0.25) is 0 Å². The van der Waals surface area contributed by atoms with Crippen LogP contribution in [-0.2, 0) is 0 Å². The normalized spacial score (nSPS) is 11.3. The van der Waals surface area contributed by atoms with Gasteiger partial charge in [0.15, 0.2) is 5.82 Å². The molecule has 4 heteroatoms. The van der Waals surface area contributed by atoms with Gasteiger partial charge in [-0.25, -0.2) is 14.4 Å². The summed E-state index contributed by atoms with van der Waals surface area (Å²) in [6, 6.07) is 49.7. The van der Waals surface area contributed by atoms with Gasteiger partial charge in [-0.2, -0.15) is 0 Å². The molecule has 0 amide bonds. The average molecular weight is 569 g/mol. The van der Waals surface area contributed by atoms with Gasteiger partial charge in [0.25, 0.3) is 0 Å². The maximum absolute atomic E-state index is 15.1. The summed E-state index contributed by atoms with van der Waals surface area (Å²) < 4.78 is 21.2. The Labute approximate surface area is 253 Å². The molecule has 0 radical (unpaired) electrons. The highest BCUT2D eigenvalue weighted by Gasteiger charge is 2.16. The molecule has 6 aromatic carbocycles. The van der Waals surface area contributed by atoms with Crippen LogP contribution < -0.4 is 0 Å². The summed E-state index contributed by atoms with van der Waals surface area (Å²) >= 11 is 0. The third-order valence-electron chi connectivity index (χ3n) is 7.95. The molecule has 3 nitrogen and oxygen atoms in total. The number of para-hydroxylation sites is 1. The van der Waals surface area contributed by atoms with Gasteiger partial charge in [0.05, 0.1) is 11.4 Å². The highest BCUT2D eigenvalue weighted by Crippen LogP contribution is 2.37.